The molecule has 0 radical (unpaired) electrons. The first-order valence-corrected chi connectivity index (χ1v) is 10.3. The maximum atomic E-state index is 6.07. The standard InChI is InChI=1S/C25H29NO3/c1-25(2)16-19(12-13-28-25)17-27-22-11-7-20-14-23(29-24(20)15-22)10-6-18-4-8-21(26-3)9-5-18/h4-11,14-15,19,26H,12-13,16-17H2,1-3H3/b10-6+. The molecule has 0 aliphatic carbocycles. The topological polar surface area (TPSA) is 43.6 Å². The van der Waals surface area contributed by atoms with E-state index in [1.165, 1.54) is 0 Å². The van der Waals surface area contributed by atoms with Gasteiger partial charge in [0, 0.05) is 30.8 Å². The summed E-state index contributed by atoms with van der Waals surface area (Å²) in [4.78, 5) is 0. The zero-order chi connectivity index (χ0) is 20.3. The quantitative estimate of drug-likeness (QED) is 0.541. The highest BCUT2D eigenvalue weighted by Gasteiger charge is 2.29. The van der Waals surface area contributed by atoms with E-state index in [1.807, 2.05) is 25.3 Å². The minimum absolute atomic E-state index is 0.0498. The fraction of sp³-hybridized carbons (Fsp3) is 0.360. The predicted octanol–water partition coefficient (Wildman–Crippen LogP) is 6.23. The van der Waals surface area contributed by atoms with Crippen molar-refractivity contribution in [3.63, 3.8) is 0 Å². The minimum atomic E-state index is -0.0498. The Labute approximate surface area is 172 Å². The van der Waals surface area contributed by atoms with E-state index in [2.05, 4.69) is 61.6 Å². The van der Waals surface area contributed by atoms with Crippen molar-refractivity contribution < 1.29 is 13.9 Å². The lowest BCUT2D eigenvalue weighted by atomic mass is 9.89. The van der Waals surface area contributed by atoms with Crippen molar-refractivity contribution in [1.29, 1.82) is 0 Å². The maximum Gasteiger partial charge on any atom is 0.138 e. The Balaban J connectivity index is 1.41. The first-order valence-electron chi connectivity index (χ1n) is 10.3. The van der Waals surface area contributed by atoms with E-state index in [1.54, 1.807) is 0 Å². The molecule has 0 spiro atoms. The van der Waals surface area contributed by atoms with Gasteiger partial charge < -0.3 is 19.2 Å². The van der Waals surface area contributed by atoms with Crippen LogP contribution in [-0.4, -0.2) is 25.9 Å². The van der Waals surface area contributed by atoms with Crippen LogP contribution in [0, 0.1) is 5.92 Å². The third-order valence-electron chi connectivity index (χ3n) is 5.43. The Morgan fingerprint density at radius 3 is 2.69 bits per heavy atom. The van der Waals surface area contributed by atoms with Gasteiger partial charge in [0.15, 0.2) is 0 Å². The molecule has 4 heteroatoms. The Hall–Kier alpha value is -2.72. The molecule has 1 aliphatic heterocycles. The van der Waals surface area contributed by atoms with E-state index < -0.39 is 0 Å². The van der Waals surface area contributed by atoms with Crippen LogP contribution < -0.4 is 10.1 Å². The third-order valence-corrected chi connectivity index (χ3v) is 5.43. The molecule has 2 aromatic carbocycles. The zero-order valence-corrected chi connectivity index (χ0v) is 17.4. The molecule has 152 valence electrons. The average Bonchev–Trinajstić information content (AvgIpc) is 3.12. The Morgan fingerprint density at radius 2 is 1.93 bits per heavy atom. The summed E-state index contributed by atoms with van der Waals surface area (Å²) >= 11 is 0. The first-order chi connectivity index (χ1) is 14.0. The van der Waals surface area contributed by atoms with Crippen LogP contribution in [0.2, 0.25) is 0 Å². The highest BCUT2D eigenvalue weighted by molar-refractivity contribution is 5.83. The molecule has 1 N–H and O–H groups in total. The van der Waals surface area contributed by atoms with Gasteiger partial charge in [-0.2, -0.15) is 0 Å². The molecular formula is C25H29NO3. The number of anilines is 1. The first kappa shape index (κ1) is 19.6. The number of hydrogen-bond acceptors (Lipinski definition) is 4. The van der Waals surface area contributed by atoms with Crippen LogP contribution in [0.3, 0.4) is 0 Å². The third kappa shape index (κ3) is 5.01. The molecule has 1 fully saturated rings. The van der Waals surface area contributed by atoms with E-state index in [-0.39, 0.29) is 5.60 Å². The summed E-state index contributed by atoms with van der Waals surface area (Å²) in [7, 11) is 1.92. The summed E-state index contributed by atoms with van der Waals surface area (Å²) in [6.07, 6.45) is 6.14. The number of rotatable bonds is 6. The molecule has 0 amide bonds. The van der Waals surface area contributed by atoms with Gasteiger partial charge in [-0.15, -0.1) is 0 Å². The molecule has 0 saturated carbocycles. The van der Waals surface area contributed by atoms with Crippen LogP contribution in [0.4, 0.5) is 5.69 Å². The van der Waals surface area contributed by atoms with E-state index in [4.69, 9.17) is 13.9 Å². The largest absolute Gasteiger partial charge is 0.493 e. The Morgan fingerprint density at radius 1 is 1.10 bits per heavy atom. The van der Waals surface area contributed by atoms with Crippen LogP contribution in [0.25, 0.3) is 23.1 Å². The Bertz CT molecular complexity index is 985. The van der Waals surface area contributed by atoms with Crippen molar-refractivity contribution in [2.45, 2.75) is 32.3 Å². The number of fused-ring (bicyclic) bond motifs is 1. The molecule has 4 nitrogen and oxygen atoms in total. The number of nitrogens with one attached hydrogen (secondary N) is 1. The second-order valence-corrected chi connectivity index (χ2v) is 8.33. The lowest BCUT2D eigenvalue weighted by molar-refractivity contribution is -0.0785. The van der Waals surface area contributed by atoms with Crippen LogP contribution in [0.1, 0.15) is 38.0 Å². The SMILES string of the molecule is CNc1ccc(/C=C/c2cc3ccc(OCC4CCOC(C)(C)C4)cc3o2)cc1. The molecule has 1 aromatic heterocycles. The van der Waals surface area contributed by atoms with Crippen molar-refractivity contribution in [2.24, 2.45) is 5.92 Å². The number of benzene rings is 2. The molecule has 1 unspecified atom stereocenters. The fourth-order valence-electron chi connectivity index (χ4n) is 3.86. The maximum absolute atomic E-state index is 6.07. The molecule has 1 atom stereocenters. The molecule has 29 heavy (non-hydrogen) atoms. The zero-order valence-electron chi connectivity index (χ0n) is 17.4. The van der Waals surface area contributed by atoms with Gasteiger partial charge in [0.05, 0.1) is 12.2 Å². The summed E-state index contributed by atoms with van der Waals surface area (Å²) in [5.74, 6) is 2.22. The lowest BCUT2D eigenvalue weighted by Crippen LogP contribution is -2.36. The van der Waals surface area contributed by atoms with Gasteiger partial charge in [0.25, 0.3) is 0 Å². The van der Waals surface area contributed by atoms with Gasteiger partial charge in [-0.25, -0.2) is 0 Å². The van der Waals surface area contributed by atoms with Crippen molar-refractivity contribution in [3.8, 4) is 5.75 Å². The van der Waals surface area contributed by atoms with Crippen molar-refractivity contribution in [2.75, 3.05) is 25.6 Å². The van der Waals surface area contributed by atoms with E-state index in [0.29, 0.717) is 12.5 Å². The van der Waals surface area contributed by atoms with Gasteiger partial charge in [0.2, 0.25) is 0 Å². The van der Waals surface area contributed by atoms with E-state index >= 15 is 0 Å². The lowest BCUT2D eigenvalue weighted by Gasteiger charge is -2.35. The molecule has 3 aromatic rings. The minimum Gasteiger partial charge on any atom is -0.493 e. The second-order valence-electron chi connectivity index (χ2n) is 8.33. The molecule has 1 aliphatic rings. The van der Waals surface area contributed by atoms with Crippen LogP contribution in [-0.2, 0) is 4.74 Å². The van der Waals surface area contributed by atoms with E-state index in [9.17, 15) is 0 Å². The van der Waals surface area contributed by atoms with Gasteiger partial charge in [-0.3, -0.25) is 0 Å². The predicted molar refractivity (Wildman–Crippen MR) is 119 cm³/mol. The molecule has 4 rings (SSSR count). The normalized spacial score (nSPS) is 18.9. The second kappa shape index (κ2) is 8.34. The smallest absolute Gasteiger partial charge is 0.138 e. The molecule has 2 heterocycles. The highest BCUT2D eigenvalue weighted by atomic mass is 16.5. The van der Waals surface area contributed by atoms with Crippen molar-refractivity contribution in [1.82, 2.24) is 0 Å². The van der Waals surface area contributed by atoms with Gasteiger partial charge >= 0.3 is 0 Å². The molecule has 1 saturated heterocycles. The average molecular weight is 392 g/mol. The van der Waals surface area contributed by atoms with Gasteiger partial charge in [-0.05, 0) is 74.6 Å². The summed E-state index contributed by atoms with van der Waals surface area (Å²) in [6.45, 7) is 5.83. The summed E-state index contributed by atoms with van der Waals surface area (Å²) in [5, 5.41) is 4.20. The molecule has 0 bridgehead atoms. The van der Waals surface area contributed by atoms with Crippen LogP contribution >= 0.6 is 0 Å². The van der Waals surface area contributed by atoms with Crippen LogP contribution in [0.15, 0.2) is 52.9 Å². The summed E-state index contributed by atoms with van der Waals surface area (Å²) in [5.41, 5.74) is 3.03. The monoisotopic (exact) mass is 391 g/mol. The highest BCUT2D eigenvalue weighted by Crippen LogP contribution is 2.30. The van der Waals surface area contributed by atoms with Crippen molar-refractivity contribution >= 4 is 28.8 Å². The number of furan rings is 1. The summed E-state index contributed by atoms with van der Waals surface area (Å²) < 4.78 is 17.9. The van der Waals surface area contributed by atoms with E-state index in [0.717, 1.165) is 53.2 Å². The Kier molecular flexibility index (Phi) is 5.63. The van der Waals surface area contributed by atoms with Gasteiger partial charge in [-0.1, -0.05) is 18.2 Å². The fourth-order valence-corrected chi connectivity index (χ4v) is 3.86. The van der Waals surface area contributed by atoms with Crippen LogP contribution in [0.5, 0.6) is 5.75 Å². The number of ether oxygens (including phenoxy) is 2. The van der Waals surface area contributed by atoms with Crippen molar-refractivity contribution in [3.05, 3.63) is 59.9 Å². The molecular weight excluding hydrogens is 362 g/mol. The summed E-state index contributed by atoms with van der Waals surface area (Å²) in [6, 6.07) is 16.4. The number of hydrogen-bond donors (Lipinski definition) is 1. The van der Waals surface area contributed by atoms with Gasteiger partial charge in [0.1, 0.15) is 17.1 Å².